The zero-order valence-corrected chi connectivity index (χ0v) is 21.8. The zero-order chi connectivity index (χ0) is 25.1. The Morgan fingerprint density at radius 1 is 1.09 bits per heavy atom. The van der Waals surface area contributed by atoms with Gasteiger partial charge in [0.05, 0.1) is 25.2 Å². The van der Waals surface area contributed by atoms with Crippen LogP contribution in [0.25, 0.3) is 17.0 Å². The number of aryl methyl sites for hydroxylation is 1. The lowest BCUT2D eigenvalue weighted by Gasteiger charge is -2.40. The maximum absolute atomic E-state index is 9.69. The molecule has 0 radical (unpaired) electrons. The van der Waals surface area contributed by atoms with Gasteiger partial charge in [-0.15, -0.1) is 0 Å². The summed E-state index contributed by atoms with van der Waals surface area (Å²) in [5.74, 6) is 0.813. The molecule has 2 heterocycles. The Bertz CT molecular complexity index is 928. The number of piperidine rings is 1. The van der Waals surface area contributed by atoms with Crippen molar-refractivity contribution < 1.29 is 10.2 Å². The molecular weight excluding hydrogens is 426 g/mol. The van der Waals surface area contributed by atoms with E-state index in [2.05, 4.69) is 76.0 Å². The molecule has 34 heavy (non-hydrogen) atoms. The first-order valence-corrected chi connectivity index (χ1v) is 12.5. The fraction of sp³-hybridized carbons (Fsp3) is 0.556. The van der Waals surface area contributed by atoms with Gasteiger partial charge in [0.1, 0.15) is 0 Å². The number of hydrogen-bond donors (Lipinski definition) is 3. The Kier molecular flexibility index (Phi) is 10.8. The van der Waals surface area contributed by atoms with E-state index in [0.717, 1.165) is 67.4 Å². The first kappa shape index (κ1) is 27.6. The molecule has 2 aromatic rings. The van der Waals surface area contributed by atoms with Crippen LogP contribution in [0.1, 0.15) is 59.4 Å². The van der Waals surface area contributed by atoms with Crippen molar-refractivity contribution in [2.24, 2.45) is 10.4 Å². The van der Waals surface area contributed by atoms with Gasteiger partial charge < -0.3 is 25.0 Å². The molecule has 7 heteroatoms. The number of benzene rings is 1. The number of aliphatic hydroxyl groups excluding tert-OH is 2. The highest BCUT2D eigenvalue weighted by molar-refractivity contribution is 5.90. The Morgan fingerprint density at radius 3 is 2.21 bits per heavy atom. The lowest BCUT2D eigenvalue weighted by atomic mass is 9.80. The summed E-state index contributed by atoms with van der Waals surface area (Å²) in [6, 6.07) is 8.46. The van der Waals surface area contributed by atoms with E-state index in [-0.39, 0.29) is 18.6 Å². The average Bonchev–Trinajstić information content (AvgIpc) is 3.35. The fourth-order valence-electron chi connectivity index (χ4n) is 4.13. The number of guanidine groups is 1. The molecule has 0 saturated carbocycles. The van der Waals surface area contributed by atoms with Gasteiger partial charge in [0.25, 0.3) is 0 Å². The van der Waals surface area contributed by atoms with Crippen molar-refractivity contribution in [1.82, 2.24) is 19.8 Å². The van der Waals surface area contributed by atoms with E-state index in [1.807, 2.05) is 20.2 Å². The van der Waals surface area contributed by atoms with E-state index in [1.165, 1.54) is 5.57 Å². The van der Waals surface area contributed by atoms with Crippen LogP contribution >= 0.6 is 0 Å². The number of rotatable bonds is 7. The van der Waals surface area contributed by atoms with E-state index in [9.17, 15) is 10.2 Å². The largest absolute Gasteiger partial charge is 0.396 e. The second kappa shape index (κ2) is 13.3. The van der Waals surface area contributed by atoms with Crippen molar-refractivity contribution in [3.63, 3.8) is 0 Å². The van der Waals surface area contributed by atoms with Crippen LogP contribution in [0.4, 0.5) is 0 Å². The lowest BCUT2D eigenvalue weighted by Crippen LogP contribution is -2.49. The summed E-state index contributed by atoms with van der Waals surface area (Å²) in [5.41, 5.74) is 5.01. The van der Waals surface area contributed by atoms with Crippen molar-refractivity contribution in [1.29, 1.82) is 0 Å². The van der Waals surface area contributed by atoms with Gasteiger partial charge in [-0.05, 0) is 38.7 Å². The van der Waals surface area contributed by atoms with Crippen LogP contribution in [0, 0.1) is 5.41 Å². The summed E-state index contributed by atoms with van der Waals surface area (Å²) in [5, 5.41) is 22.9. The number of aliphatic imine (C=N–C) groups is 1. The monoisotopic (exact) mass is 469 g/mol. The Balaban J connectivity index is 0.00000199. The summed E-state index contributed by atoms with van der Waals surface area (Å²) in [6.45, 7) is 12.9. The summed E-state index contributed by atoms with van der Waals surface area (Å²) < 4.78 is 2.12. The van der Waals surface area contributed by atoms with Crippen LogP contribution in [0.15, 0.2) is 47.4 Å². The van der Waals surface area contributed by atoms with Crippen molar-refractivity contribution >= 4 is 11.7 Å². The third kappa shape index (κ3) is 6.70. The van der Waals surface area contributed by atoms with Gasteiger partial charge in [0.15, 0.2) is 5.96 Å². The molecule has 7 nitrogen and oxygen atoms in total. The van der Waals surface area contributed by atoms with Gasteiger partial charge >= 0.3 is 0 Å². The predicted octanol–water partition coefficient (Wildman–Crippen LogP) is 4.38. The molecule has 0 spiro atoms. The Hall–Kier alpha value is -2.64. The van der Waals surface area contributed by atoms with Gasteiger partial charge in [-0.1, -0.05) is 50.6 Å². The minimum absolute atomic E-state index is 0.0195. The third-order valence-corrected chi connectivity index (χ3v) is 6.33. The number of hydrogen-bond acceptors (Lipinski definition) is 4. The molecule has 1 fully saturated rings. The highest BCUT2D eigenvalue weighted by Crippen LogP contribution is 2.30. The quantitative estimate of drug-likeness (QED) is 0.414. The van der Waals surface area contributed by atoms with Crippen LogP contribution in [-0.2, 0) is 6.54 Å². The number of imidazole rings is 1. The number of aliphatic hydroxyl groups is 2. The topological polar surface area (TPSA) is 85.9 Å². The zero-order valence-electron chi connectivity index (χ0n) is 21.8. The summed E-state index contributed by atoms with van der Waals surface area (Å²) in [4.78, 5) is 11.2. The van der Waals surface area contributed by atoms with Crippen LogP contribution < -0.4 is 5.32 Å². The molecule has 1 aliphatic rings. The summed E-state index contributed by atoms with van der Waals surface area (Å²) in [7, 11) is 1.79. The standard InChI is InChI=1S/C25H37N5O2.C2H6/c1-5-12-29-15-22(27-18-29)20-6-8-21(9-7-20)23(19(2)3)28-24(26-4)30-13-10-25(16-31,17-32)11-14-30;1-2/h6-9,15,18,31-32H,5,10-14,16-17H2,1-4H3,(H,26,28);1-2H3. The minimum Gasteiger partial charge on any atom is -0.396 e. The van der Waals surface area contributed by atoms with E-state index in [1.54, 1.807) is 7.05 Å². The first-order valence-electron chi connectivity index (χ1n) is 12.5. The summed E-state index contributed by atoms with van der Waals surface area (Å²) >= 11 is 0. The van der Waals surface area contributed by atoms with Crippen molar-refractivity contribution in [2.75, 3.05) is 33.4 Å². The summed E-state index contributed by atoms with van der Waals surface area (Å²) in [6.07, 6.45) is 6.55. The van der Waals surface area contributed by atoms with E-state index < -0.39 is 0 Å². The highest BCUT2D eigenvalue weighted by atomic mass is 16.3. The molecule has 1 aromatic heterocycles. The molecule has 0 aliphatic carbocycles. The van der Waals surface area contributed by atoms with Gasteiger partial charge in [-0.3, -0.25) is 4.99 Å². The van der Waals surface area contributed by atoms with E-state index in [4.69, 9.17) is 0 Å². The smallest absolute Gasteiger partial charge is 0.198 e. The Morgan fingerprint density at radius 2 is 1.71 bits per heavy atom. The molecule has 1 saturated heterocycles. The number of nitrogens with zero attached hydrogens (tertiary/aromatic N) is 4. The van der Waals surface area contributed by atoms with Crippen molar-refractivity contribution in [3.8, 4) is 11.3 Å². The van der Waals surface area contributed by atoms with Gasteiger partial charge in [0.2, 0.25) is 0 Å². The molecular formula is C27H43N5O2. The van der Waals surface area contributed by atoms with Crippen LogP contribution in [0.5, 0.6) is 0 Å². The molecule has 1 aliphatic heterocycles. The lowest BCUT2D eigenvalue weighted by molar-refractivity contribution is 0.0119. The second-order valence-electron chi connectivity index (χ2n) is 8.92. The SMILES string of the molecule is CC.CCCn1cnc(-c2ccc(C(NC(=NC)N3CCC(CO)(CO)CC3)=C(C)C)cc2)c1. The Labute approximate surface area is 205 Å². The van der Waals surface area contributed by atoms with Crippen LogP contribution in [-0.4, -0.2) is 64.0 Å². The van der Waals surface area contributed by atoms with Crippen LogP contribution in [0.2, 0.25) is 0 Å². The normalized spacial score (nSPS) is 15.4. The fourth-order valence-corrected chi connectivity index (χ4v) is 4.13. The number of allylic oxidation sites excluding steroid dienone is 1. The molecule has 0 bridgehead atoms. The van der Waals surface area contributed by atoms with Gasteiger partial charge in [-0.25, -0.2) is 4.98 Å². The van der Waals surface area contributed by atoms with E-state index in [0.29, 0.717) is 0 Å². The number of aromatic nitrogens is 2. The number of nitrogens with one attached hydrogen (secondary N) is 1. The second-order valence-corrected chi connectivity index (χ2v) is 8.92. The number of likely N-dealkylation sites (tertiary alicyclic amines) is 1. The van der Waals surface area contributed by atoms with Gasteiger partial charge in [-0.2, -0.15) is 0 Å². The maximum atomic E-state index is 9.69. The molecule has 3 N–H and O–H groups in total. The van der Waals surface area contributed by atoms with Crippen molar-refractivity contribution in [2.45, 2.75) is 60.4 Å². The van der Waals surface area contributed by atoms with Gasteiger partial charge in [0, 0.05) is 49.6 Å². The third-order valence-electron chi connectivity index (χ3n) is 6.33. The first-order chi connectivity index (χ1) is 16.4. The van der Waals surface area contributed by atoms with Crippen molar-refractivity contribution in [3.05, 3.63) is 47.9 Å². The molecule has 1 aromatic carbocycles. The molecule has 188 valence electrons. The predicted molar refractivity (Wildman–Crippen MR) is 141 cm³/mol. The van der Waals surface area contributed by atoms with E-state index >= 15 is 0 Å². The maximum Gasteiger partial charge on any atom is 0.198 e. The molecule has 0 amide bonds. The average molecular weight is 470 g/mol. The molecule has 3 rings (SSSR count). The highest BCUT2D eigenvalue weighted by Gasteiger charge is 2.34. The molecule has 0 atom stereocenters. The van der Waals surface area contributed by atoms with Crippen LogP contribution in [0.3, 0.4) is 0 Å². The minimum atomic E-state index is -0.380. The molecule has 0 unspecified atom stereocenters.